The van der Waals surface area contributed by atoms with Crippen molar-refractivity contribution in [2.75, 3.05) is 0 Å². The quantitative estimate of drug-likeness (QED) is 0.693. The first kappa shape index (κ1) is 13.7. The Bertz CT molecular complexity index is 684. The first-order valence-corrected chi connectivity index (χ1v) is 6.60. The summed E-state index contributed by atoms with van der Waals surface area (Å²) >= 11 is 0. The lowest BCUT2D eigenvalue weighted by Crippen LogP contribution is -2.08. The van der Waals surface area contributed by atoms with Crippen LogP contribution in [-0.4, -0.2) is 0 Å². The fourth-order valence-corrected chi connectivity index (χ4v) is 2.42. The third-order valence-corrected chi connectivity index (χ3v) is 3.52. The molecule has 1 unspecified atom stereocenters. The Balaban J connectivity index is 1.97. The van der Waals surface area contributed by atoms with Crippen molar-refractivity contribution in [3.05, 3.63) is 70.8 Å². The molecule has 1 atom stereocenters. The molecule has 0 bridgehead atoms. The van der Waals surface area contributed by atoms with Crippen LogP contribution in [0.1, 0.15) is 35.3 Å². The van der Waals surface area contributed by atoms with E-state index in [9.17, 15) is 13.2 Å². The first-order chi connectivity index (χ1) is 9.95. The molecule has 108 valence electrons. The minimum absolute atomic E-state index is 0.122. The van der Waals surface area contributed by atoms with Crippen molar-refractivity contribution < 1.29 is 17.9 Å². The van der Waals surface area contributed by atoms with Gasteiger partial charge in [0, 0.05) is 5.56 Å². The van der Waals surface area contributed by atoms with Gasteiger partial charge in [-0.1, -0.05) is 36.4 Å². The Hall–Kier alpha value is -2.23. The van der Waals surface area contributed by atoms with Gasteiger partial charge in [-0.15, -0.1) is 0 Å². The van der Waals surface area contributed by atoms with Gasteiger partial charge >= 0.3 is 6.18 Å². The zero-order valence-corrected chi connectivity index (χ0v) is 11.3. The molecule has 1 aliphatic heterocycles. The van der Waals surface area contributed by atoms with Crippen LogP contribution in [0.5, 0.6) is 0 Å². The molecule has 1 aliphatic rings. The minimum atomic E-state index is -4.32. The van der Waals surface area contributed by atoms with Gasteiger partial charge in [0.15, 0.2) is 0 Å². The summed E-state index contributed by atoms with van der Waals surface area (Å²) in [7, 11) is 0. The first-order valence-electron chi connectivity index (χ1n) is 6.60. The van der Waals surface area contributed by atoms with E-state index in [2.05, 4.69) is 0 Å². The molecule has 1 nitrogen and oxygen atoms in total. The van der Waals surface area contributed by atoms with Crippen LogP contribution < -0.4 is 0 Å². The maximum atomic E-state index is 12.6. The second kappa shape index (κ2) is 4.95. The maximum absolute atomic E-state index is 12.6. The van der Waals surface area contributed by atoms with Crippen LogP contribution in [-0.2, 0) is 10.9 Å². The number of hydrogen-bond acceptors (Lipinski definition) is 1. The van der Waals surface area contributed by atoms with Crippen molar-refractivity contribution >= 4 is 11.8 Å². The Kier molecular flexibility index (Phi) is 3.24. The van der Waals surface area contributed by atoms with Crippen LogP contribution in [0.4, 0.5) is 13.2 Å². The molecule has 0 saturated heterocycles. The number of fused-ring (bicyclic) bond motifs is 1. The molecule has 0 amide bonds. The summed E-state index contributed by atoms with van der Waals surface area (Å²) < 4.78 is 43.5. The van der Waals surface area contributed by atoms with Crippen molar-refractivity contribution in [3.63, 3.8) is 0 Å². The zero-order chi connectivity index (χ0) is 15.0. The van der Waals surface area contributed by atoms with Crippen LogP contribution >= 0.6 is 0 Å². The molecule has 0 aliphatic carbocycles. The Morgan fingerprint density at radius 2 is 1.62 bits per heavy atom. The van der Waals surface area contributed by atoms with Gasteiger partial charge in [0.05, 0.1) is 5.56 Å². The molecule has 21 heavy (non-hydrogen) atoms. The Morgan fingerprint density at radius 1 is 0.952 bits per heavy atom. The molecular weight excluding hydrogens is 277 g/mol. The largest absolute Gasteiger partial charge is 0.485 e. The predicted molar refractivity (Wildman–Crippen MR) is 75.3 cm³/mol. The molecule has 4 heteroatoms. The van der Waals surface area contributed by atoms with Crippen molar-refractivity contribution in [2.45, 2.75) is 19.2 Å². The lowest BCUT2D eigenvalue weighted by Gasteiger charge is -2.24. The van der Waals surface area contributed by atoms with E-state index in [1.165, 1.54) is 12.1 Å². The second-order valence-corrected chi connectivity index (χ2v) is 4.97. The van der Waals surface area contributed by atoms with E-state index >= 15 is 0 Å². The van der Waals surface area contributed by atoms with E-state index in [1.807, 2.05) is 37.3 Å². The summed E-state index contributed by atoms with van der Waals surface area (Å²) in [5.74, 6) is 0.593. The van der Waals surface area contributed by atoms with E-state index in [0.717, 1.165) is 23.3 Å². The highest BCUT2D eigenvalue weighted by molar-refractivity contribution is 5.80. The molecule has 0 saturated carbocycles. The normalized spacial score (nSPS) is 17.7. The number of halogens is 3. The molecular formula is C17H13F3O. The van der Waals surface area contributed by atoms with Crippen LogP contribution in [0.3, 0.4) is 0 Å². The molecule has 0 aromatic heterocycles. The predicted octanol–water partition coefficient (Wildman–Crippen LogP) is 5.29. The standard InChI is InChI=1S/C17H13F3O/c1-11-15-5-3-2-4-13(15)10-16(21-11)12-6-8-14(9-7-12)17(18,19)20/h2-11H,1H3. The number of hydrogen-bond donors (Lipinski definition) is 0. The fraction of sp³-hybridized carbons (Fsp3) is 0.176. The Morgan fingerprint density at radius 3 is 2.29 bits per heavy atom. The van der Waals surface area contributed by atoms with Crippen LogP contribution in [0, 0.1) is 0 Å². The van der Waals surface area contributed by atoms with Crippen molar-refractivity contribution in [3.8, 4) is 0 Å². The SMILES string of the molecule is CC1OC(c2ccc(C(F)(F)F)cc2)=Cc2ccccc21. The van der Waals surface area contributed by atoms with Gasteiger partial charge in [0.2, 0.25) is 0 Å². The summed E-state index contributed by atoms with van der Waals surface area (Å²) in [4.78, 5) is 0. The highest BCUT2D eigenvalue weighted by Gasteiger charge is 2.30. The van der Waals surface area contributed by atoms with E-state index in [4.69, 9.17) is 4.74 Å². The number of alkyl halides is 3. The van der Waals surface area contributed by atoms with Gasteiger partial charge in [-0.05, 0) is 36.3 Å². The van der Waals surface area contributed by atoms with E-state index in [0.29, 0.717) is 11.3 Å². The molecule has 0 radical (unpaired) electrons. The minimum Gasteiger partial charge on any atom is -0.485 e. The smallest absolute Gasteiger partial charge is 0.416 e. The highest BCUT2D eigenvalue weighted by atomic mass is 19.4. The average molecular weight is 290 g/mol. The monoisotopic (exact) mass is 290 g/mol. The summed E-state index contributed by atoms with van der Waals surface area (Å²) in [6.07, 6.45) is -2.58. The van der Waals surface area contributed by atoms with Gasteiger partial charge in [-0.2, -0.15) is 13.2 Å². The lowest BCUT2D eigenvalue weighted by molar-refractivity contribution is -0.137. The zero-order valence-electron chi connectivity index (χ0n) is 11.3. The van der Waals surface area contributed by atoms with Crippen LogP contribution in [0.2, 0.25) is 0 Å². The molecule has 1 heterocycles. The topological polar surface area (TPSA) is 9.23 Å². The van der Waals surface area contributed by atoms with E-state index < -0.39 is 11.7 Å². The third kappa shape index (κ3) is 2.66. The molecule has 0 fully saturated rings. The van der Waals surface area contributed by atoms with Gasteiger partial charge < -0.3 is 4.74 Å². The molecule has 2 aromatic rings. The average Bonchev–Trinajstić information content (AvgIpc) is 2.46. The lowest BCUT2D eigenvalue weighted by atomic mass is 9.98. The Labute approximate surface area is 120 Å². The highest BCUT2D eigenvalue weighted by Crippen LogP contribution is 2.36. The summed E-state index contributed by atoms with van der Waals surface area (Å²) in [5, 5.41) is 0. The molecule has 3 rings (SSSR count). The van der Waals surface area contributed by atoms with Crippen molar-refractivity contribution in [1.29, 1.82) is 0 Å². The maximum Gasteiger partial charge on any atom is 0.416 e. The fourth-order valence-electron chi connectivity index (χ4n) is 2.42. The van der Waals surface area contributed by atoms with Gasteiger partial charge in [0.25, 0.3) is 0 Å². The number of ether oxygens (including phenoxy) is 1. The van der Waals surface area contributed by atoms with E-state index in [1.54, 1.807) is 0 Å². The van der Waals surface area contributed by atoms with Crippen LogP contribution in [0.15, 0.2) is 48.5 Å². The van der Waals surface area contributed by atoms with Crippen molar-refractivity contribution in [1.82, 2.24) is 0 Å². The molecule has 2 aromatic carbocycles. The number of benzene rings is 2. The van der Waals surface area contributed by atoms with Crippen LogP contribution in [0.25, 0.3) is 11.8 Å². The van der Waals surface area contributed by atoms with E-state index in [-0.39, 0.29) is 6.10 Å². The number of rotatable bonds is 1. The third-order valence-electron chi connectivity index (χ3n) is 3.52. The summed E-state index contributed by atoms with van der Waals surface area (Å²) in [6.45, 7) is 1.93. The molecule has 0 N–H and O–H groups in total. The summed E-state index contributed by atoms with van der Waals surface area (Å²) in [6, 6.07) is 12.9. The van der Waals surface area contributed by atoms with Gasteiger partial charge in [-0.3, -0.25) is 0 Å². The van der Waals surface area contributed by atoms with Crippen molar-refractivity contribution in [2.24, 2.45) is 0 Å². The second-order valence-electron chi connectivity index (χ2n) is 4.97. The summed E-state index contributed by atoms with van der Waals surface area (Å²) in [5.41, 5.74) is 2.10. The molecule has 0 spiro atoms. The van der Waals surface area contributed by atoms with Gasteiger partial charge in [0.1, 0.15) is 11.9 Å². The van der Waals surface area contributed by atoms with Gasteiger partial charge in [-0.25, -0.2) is 0 Å².